The summed E-state index contributed by atoms with van der Waals surface area (Å²) in [6.07, 6.45) is 3.40. The maximum Gasteiger partial charge on any atom is 0.338 e. The number of thiazole rings is 1. The number of para-hydroxylation sites is 1. The van der Waals surface area contributed by atoms with Crippen LogP contribution in [0.3, 0.4) is 0 Å². The van der Waals surface area contributed by atoms with E-state index in [2.05, 4.69) is 6.58 Å². The highest BCUT2D eigenvalue weighted by Crippen LogP contribution is 2.36. The van der Waals surface area contributed by atoms with Crippen LogP contribution >= 0.6 is 11.3 Å². The van der Waals surface area contributed by atoms with Gasteiger partial charge in [-0.2, -0.15) is 0 Å². The second-order valence-electron chi connectivity index (χ2n) is 9.41. The predicted octanol–water partition coefficient (Wildman–Crippen LogP) is 4.91. The minimum absolute atomic E-state index is 0.175. The van der Waals surface area contributed by atoms with E-state index in [-0.39, 0.29) is 24.3 Å². The second kappa shape index (κ2) is 13.4. The van der Waals surface area contributed by atoms with Crippen LogP contribution < -0.4 is 29.1 Å². The lowest BCUT2D eigenvalue weighted by molar-refractivity contribution is -0.138. The van der Waals surface area contributed by atoms with E-state index in [4.69, 9.17) is 23.9 Å². The molecule has 1 aromatic heterocycles. The second-order valence-corrected chi connectivity index (χ2v) is 10.4. The minimum Gasteiger partial charge on any atom is -0.494 e. The van der Waals surface area contributed by atoms with Gasteiger partial charge >= 0.3 is 5.97 Å². The number of rotatable bonds is 11. The van der Waals surface area contributed by atoms with Crippen molar-refractivity contribution < 1.29 is 23.7 Å². The number of aromatic nitrogens is 1. The van der Waals surface area contributed by atoms with Crippen LogP contribution in [-0.2, 0) is 9.53 Å². The Morgan fingerprint density at radius 3 is 2.44 bits per heavy atom. The molecule has 0 bridgehead atoms. The number of esters is 1. The molecule has 5 rings (SSSR count). The van der Waals surface area contributed by atoms with Gasteiger partial charge in [0.15, 0.2) is 16.3 Å². The first-order chi connectivity index (χ1) is 21.0. The van der Waals surface area contributed by atoms with Gasteiger partial charge < -0.3 is 18.9 Å². The zero-order valence-electron chi connectivity index (χ0n) is 24.2. The molecule has 0 N–H and O–H groups in total. The van der Waals surface area contributed by atoms with Gasteiger partial charge in [0.2, 0.25) is 0 Å². The van der Waals surface area contributed by atoms with Gasteiger partial charge in [-0.15, -0.1) is 0 Å². The molecule has 0 spiro atoms. The van der Waals surface area contributed by atoms with Gasteiger partial charge in [-0.05, 0) is 43.7 Å². The fraction of sp³-hybridized carbons (Fsp3) is 0.206. The summed E-state index contributed by atoms with van der Waals surface area (Å²) < 4.78 is 24.6. The molecule has 3 aromatic carbocycles. The van der Waals surface area contributed by atoms with E-state index in [9.17, 15) is 9.59 Å². The van der Waals surface area contributed by atoms with Crippen molar-refractivity contribution >= 4 is 29.1 Å². The number of ether oxygens (including phenoxy) is 4. The highest BCUT2D eigenvalue weighted by molar-refractivity contribution is 7.07. The Morgan fingerprint density at radius 1 is 1.00 bits per heavy atom. The highest BCUT2D eigenvalue weighted by atomic mass is 32.1. The number of carbonyl (C=O) groups excluding carboxylic acids is 1. The smallest absolute Gasteiger partial charge is 0.338 e. The summed E-state index contributed by atoms with van der Waals surface area (Å²) in [6, 6.07) is 21.5. The molecule has 2 heterocycles. The van der Waals surface area contributed by atoms with Crippen LogP contribution in [0.25, 0.3) is 11.8 Å². The highest BCUT2D eigenvalue weighted by Gasteiger charge is 2.35. The predicted molar refractivity (Wildman–Crippen MR) is 167 cm³/mol. The molecule has 8 nitrogen and oxygen atoms in total. The normalized spacial score (nSPS) is 14.5. The van der Waals surface area contributed by atoms with Crippen molar-refractivity contribution in [3.63, 3.8) is 0 Å². The van der Waals surface area contributed by atoms with Gasteiger partial charge in [0.05, 0.1) is 42.2 Å². The molecule has 0 fully saturated rings. The quantitative estimate of drug-likeness (QED) is 0.181. The summed E-state index contributed by atoms with van der Waals surface area (Å²) in [5, 5.41) is 0. The Hall–Kier alpha value is -4.89. The van der Waals surface area contributed by atoms with Crippen LogP contribution in [0.15, 0.2) is 101 Å². The standard InChI is InChI=1S/C34H32N2O6S/c1-5-20-42-31-24(14-11-15-26(31)39-4)21-27-32(37)36-30(23-16-18-25(19-17-23)40-6-2)28(33(38)41-7-3)29(35-34(36)43-27)22-12-9-8-10-13-22/h5,8-19,21,30H,1,6-7,20H2,2-4H3/b27-21-/t30-/m0/s1. The molecule has 4 aromatic rings. The van der Waals surface area contributed by atoms with E-state index in [1.165, 1.54) is 11.3 Å². The van der Waals surface area contributed by atoms with Crippen LogP contribution in [0.2, 0.25) is 0 Å². The van der Waals surface area contributed by atoms with Gasteiger partial charge in [-0.25, -0.2) is 9.79 Å². The largest absolute Gasteiger partial charge is 0.494 e. The Kier molecular flexibility index (Phi) is 9.22. The summed E-state index contributed by atoms with van der Waals surface area (Å²) in [5.74, 6) is 1.18. The molecule has 0 radical (unpaired) electrons. The van der Waals surface area contributed by atoms with E-state index in [1.54, 1.807) is 36.8 Å². The summed E-state index contributed by atoms with van der Waals surface area (Å²) in [4.78, 5) is 33.2. The molecule has 9 heteroatoms. The van der Waals surface area contributed by atoms with E-state index in [0.717, 1.165) is 11.1 Å². The van der Waals surface area contributed by atoms with E-state index in [1.807, 2.05) is 73.7 Å². The molecule has 1 aliphatic rings. The molecule has 43 heavy (non-hydrogen) atoms. The average Bonchev–Trinajstić information content (AvgIpc) is 3.34. The third-order valence-corrected chi connectivity index (χ3v) is 7.72. The number of nitrogens with zero attached hydrogens (tertiary/aromatic N) is 2. The number of benzene rings is 3. The Morgan fingerprint density at radius 2 is 1.77 bits per heavy atom. The van der Waals surface area contributed by atoms with E-state index in [0.29, 0.717) is 44.4 Å². The number of carbonyl (C=O) groups is 1. The summed E-state index contributed by atoms with van der Waals surface area (Å²) in [7, 11) is 1.56. The van der Waals surface area contributed by atoms with Gasteiger partial charge in [0, 0.05) is 11.1 Å². The summed E-state index contributed by atoms with van der Waals surface area (Å²) in [5.41, 5.74) is 2.58. The summed E-state index contributed by atoms with van der Waals surface area (Å²) in [6.45, 7) is 8.36. The molecule has 0 unspecified atom stereocenters. The van der Waals surface area contributed by atoms with Gasteiger partial charge in [0.25, 0.3) is 5.56 Å². The van der Waals surface area contributed by atoms with Crippen molar-refractivity contribution in [3.05, 3.63) is 127 Å². The molecule has 0 amide bonds. The third kappa shape index (κ3) is 6.03. The zero-order valence-corrected chi connectivity index (χ0v) is 25.1. The molecule has 0 saturated carbocycles. The lowest BCUT2D eigenvalue weighted by Crippen LogP contribution is -2.40. The van der Waals surface area contributed by atoms with Gasteiger partial charge in [0.1, 0.15) is 12.4 Å². The van der Waals surface area contributed by atoms with E-state index >= 15 is 0 Å². The topological polar surface area (TPSA) is 88.4 Å². The SMILES string of the molecule is C=CCOc1c(/C=c2\sc3n(c2=O)[C@@H](c2ccc(OCC)cc2)C(C(=O)OCC)=C(c2ccccc2)N=3)cccc1OC. The van der Waals surface area contributed by atoms with Gasteiger partial charge in [-0.3, -0.25) is 9.36 Å². The molecule has 0 aliphatic carbocycles. The molecule has 1 aliphatic heterocycles. The lowest BCUT2D eigenvalue weighted by Gasteiger charge is -2.26. The number of methoxy groups -OCH3 is 1. The van der Waals surface area contributed by atoms with Crippen LogP contribution in [0.1, 0.15) is 36.6 Å². The molecule has 1 atom stereocenters. The van der Waals surface area contributed by atoms with Crippen molar-refractivity contribution in [1.82, 2.24) is 4.57 Å². The Bertz CT molecular complexity index is 1840. The van der Waals surface area contributed by atoms with E-state index < -0.39 is 12.0 Å². The van der Waals surface area contributed by atoms with Crippen molar-refractivity contribution in [2.24, 2.45) is 4.99 Å². The maximum atomic E-state index is 14.2. The lowest BCUT2D eigenvalue weighted by atomic mass is 9.93. The van der Waals surface area contributed by atoms with Crippen LogP contribution in [0.4, 0.5) is 0 Å². The van der Waals surface area contributed by atoms with Crippen molar-refractivity contribution in [2.75, 3.05) is 26.9 Å². The van der Waals surface area contributed by atoms with Crippen LogP contribution in [0, 0.1) is 0 Å². The first-order valence-electron chi connectivity index (χ1n) is 13.9. The third-order valence-electron chi connectivity index (χ3n) is 6.74. The number of hydrogen-bond donors (Lipinski definition) is 0. The zero-order chi connectivity index (χ0) is 30.3. The monoisotopic (exact) mass is 596 g/mol. The summed E-state index contributed by atoms with van der Waals surface area (Å²) >= 11 is 1.24. The first-order valence-corrected chi connectivity index (χ1v) is 14.7. The average molecular weight is 597 g/mol. The fourth-order valence-electron chi connectivity index (χ4n) is 4.91. The van der Waals surface area contributed by atoms with Crippen molar-refractivity contribution in [1.29, 1.82) is 0 Å². The fourth-order valence-corrected chi connectivity index (χ4v) is 5.91. The Balaban J connectivity index is 1.79. The van der Waals surface area contributed by atoms with Crippen LogP contribution in [0.5, 0.6) is 17.2 Å². The maximum absolute atomic E-state index is 14.2. The molecular formula is C34H32N2O6S. The van der Waals surface area contributed by atoms with Crippen molar-refractivity contribution in [2.45, 2.75) is 19.9 Å². The minimum atomic E-state index is -0.787. The number of hydrogen-bond acceptors (Lipinski definition) is 8. The molecule has 220 valence electrons. The number of fused-ring (bicyclic) bond motifs is 1. The first kappa shape index (κ1) is 29.6. The molecule has 0 saturated heterocycles. The molecular weight excluding hydrogens is 564 g/mol. The van der Waals surface area contributed by atoms with Crippen molar-refractivity contribution in [3.8, 4) is 17.2 Å². The Labute approximate surface area is 253 Å². The van der Waals surface area contributed by atoms with Crippen LogP contribution in [-0.4, -0.2) is 37.5 Å². The van der Waals surface area contributed by atoms with Gasteiger partial charge in [-0.1, -0.05) is 78.6 Å².